The van der Waals surface area contributed by atoms with Crippen LogP contribution < -0.4 is 21.9 Å². The van der Waals surface area contributed by atoms with Gasteiger partial charge in [0.25, 0.3) is 11.5 Å². The van der Waals surface area contributed by atoms with E-state index in [1.54, 1.807) is 35.1 Å². The van der Waals surface area contributed by atoms with Crippen LogP contribution >= 0.6 is 11.3 Å². The second-order valence-corrected chi connectivity index (χ2v) is 12.1. The molecule has 0 spiro atoms. The number of nitrogens with one attached hydrogen (secondary N) is 2. The second kappa shape index (κ2) is 10.4. The first-order valence-electron chi connectivity index (χ1n) is 14.0. The first-order chi connectivity index (χ1) is 20.8. The van der Waals surface area contributed by atoms with Gasteiger partial charge in [-0.1, -0.05) is 19.1 Å². The monoisotopic (exact) mass is 598 g/mol. The van der Waals surface area contributed by atoms with Crippen LogP contribution in [0.1, 0.15) is 65.4 Å². The molecule has 1 saturated carbocycles. The van der Waals surface area contributed by atoms with Gasteiger partial charge < -0.3 is 16.4 Å². The summed E-state index contributed by atoms with van der Waals surface area (Å²) < 4.78 is 18.4. The van der Waals surface area contributed by atoms with Crippen LogP contribution in [0, 0.1) is 5.82 Å². The van der Waals surface area contributed by atoms with Gasteiger partial charge in [0.1, 0.15) is 34.9 Å². The molecule has 2 amide bonds. The summed E-state index contributed by atoms with van der Waals surface area (Å²) in [4.78, 5) is 49.9. The highest BCUT2D eigenvalue weighted by atomic mass is 32.1. The van der Waals surface area contributed by atoms with Crippen molar-refractivity contribution in [2.24, 2.45) is 0 Å². The molecule has 43 heavy (non-hydrogen) atoms. The maximum Gasteiger partial charge on any atom is 0.278 e. The van der Waals surface area contributed by atoms with E-state index in [1.807, 2.05) is 13.0 Å². The summed E-state index contributed by atoms with van der Waals surface area (Å²) in [6, 6.07) is 10.8. The third-order valence-corrected chi connectivity index (χ3v) is 8.92. The van der Waals surface area contributed by atoms with Crippen LogP contribution in [0.2, 0.25) is 0 Å². The summed E-state index contributed by atoms with van der Waals surface area (Å²) >= 11 is 1.51. The van der Waals surface area contributed by atoms with Crippen LogP contribution in [-0.2, 0) is 11.3 Å². The van der Waals surface area contributed by atoms with E-state index >= 15 is 0 Å². The minimum atomic E-state index is -0.779. The van der Waals surface area contributed by atoms with Crippen molar-refractivity contribution in [1.29, 1.82) is 0 Å². The van der Waals surface area contributed by atoms with Gasteiger partial charge in [0.2, 0.25) is 5.91 Å². The highest BCUT2D eigenvalue weighted by Crippen LogP contribution is 2.37. The Morgan fingerprint density at radius 3 is 2.74 bits per heavy atom. The van der Waals surface area contributed by atoms with Gasteiger partial charge in [-0.05, 0) is 49.6 Å². The number of amides is 2. The number of benzene rings is 1. The molecular weight excluding hydrogens is 571 g/mol. The van der Waals surface area contributed by atoms with Crippen LogP contribution in [-0.4, -0.2) is 36.1 Å². The number of carbonyl (C=O) groups excluding carboxylic acids is 2. The molecule has 4 aromatic heterocycles. The van der Waals surface area contributed by atoms with Crippen molar-refractivity contribution in [2.45, 2.75) is 50.7 Å². The highest BCUT2D eigenvalue weighted by molar-refractivity contribution is 7.19. The van der Waals surface area contributed by atoms with Crippen molar-refractivity contribution < 1.29 is 14.0 Å². The largest absolute Gasteiger partial charge is 0.384 e. The standard InChI is InChI=1S/C30H27FN8O3S/c1-15-8-23(28(40)35-13-18-9-16-12-33-26(32)11-25(16)43-18)38-27(15)34-14-22(30(38)42)36-29(41)24-10-21(37-39(24)17-6-7-17)19-4-2-3-5-20(19)31/h2-5,9-12,14-15,17,23H,6-8,13H2,1H3,(H2,32,33)(H,35,40)(H,36,41)/t15-,23+/m1/s1. The summed E-state index contributed by atoms with van der Waals surface area (Å²) in [5.74, 6) is -0.535. The highest BCUT2D eigenvalue weighted by Gasteiger charge is 2.36. The van der Waals surface area contributed by atoms with Crippen LogP contribution in [0.3, 0.4) is 0 Å². The fraction of sp³-hybridized carbons (Fsp3) is 0.267. The summed E-state index contributed by atoms with van der Waals surface area (Å²) in [5.41, 5.74) is 6.06. The van der Waals surface area contributed by atoms with Crippen LogP contribution in [0.4, 0.5) is 15.9 Å². The summed E-state index contributed by atoms with van der Waals surface area (Å²) in [6.07, 6.45) is 5.13. The average Bonchev–Trinajstić information content (AvgIpc) is 3.45. The molecule has 5 aromatic rings. The van der Waals surface area contributed by atoms with Crippen molar-refractivity contribution in [3.8, 4) is 11.3 Å². The number of thiophene rings is 1. The minimum absolute atomic E-state index is 0.0315. The Morgan fingerprint density at radius 2 is 1.95 bits per heavy atom. The van der Waals surface area contributed by atoms with Crippen LogP contribution in [0.15, 0.2) is 59.7 Å². The third-order valence-electron chi connectivity index (χ3n) is 7.82. The maximum atomic E-state index is 14.5. The first kappa shape index (κ1) is 27.0. The lowest BCUT2D eigenvalue weighted by atomic mass is 10.1. The van der Waals surface area contributed by atoms with E-state index in [1.165, 1.54) is 34.2 Å². The maximum absolute atomic E-state index is 14.5. The van der Waals surface area contributed by atoms with Crippen LogP contribution in [0.25, 0.3) is 21.3 Å². The van der Waals surface area contributed by atoms with Crippen molar-refractivity contribution in [3.63, 3.8) is 0 Å². The zero-order chi connectivity index (χ0) is 29.8. The molecule has 11 nitrogen and oxygen atoms in total. The number of hydrogen-bond acceptors (Lipinski definition) is 8. The van der Waals surface area contributed by atoms with Gasteiger partial charge in [-0.2, -0.15) is 5.10 Å². The predicted molar refractivity (Wildman–Crippen MR) is 160 cm³/mol. The minimum Gasteiger partial charge on any atom is -0.384 e. The number of carbonyl (C=O) groups is 2. The molecule has 1 aliphatic heterocycles. The summed E-state index contributed by atoms with van der Waals surface area (Å²) in [5, 5.41) is 11.1. The van der Waals surface area contributed by atoms with E-state index in [4.69, 9.17) is 5.73 Å². The smallest absolute Gasteiger partial charge is 0.278 e. The van der Waals surface area contributed by atoms with Gasteiger partial charge in [-0.25, -0.2) is 14.4 Å². The van der Waals surface area contributed by atoms with Crippen molar-refractivity contribution in [1.82, 2.24) is 29.6 Å². The number of fused-ring (bicyclic) bond motifs is 2. The van der Waals surface area contributed by atoms with E-state index in [9.17, 15) is 18.8 Å². The molecule has 0 radical (unpaired) electrons. The van der Waals surface area contributed by atoms with Gasteiger partial charge in [0, 0.05) is 32.6 Å². The number of aromatic nitrogens is 5. The SMILES string of the molecule is C[C@@H]1C[C@@H](C(=O)NCc2cc3cnc(N)cc3s2)n2c1ncc(NC(=O)c1cc(-c3ccccc3F)nn1C1CC1)c2=O. The molecule has 218 valence electrons. The quantitative estimate of drug-likeness (QED) is 0.252. The fourth-order valence-corrected chi connectivity index (χ4v) is 6.56. The molecule has 1 fully saturated rings. The average molecular weight is 599 g/mol. The van der Waals surface area contributed by atoms with Crippen LogP contribution in [0.5, 0.6) is 0 Å². The van der Waals surface area contributed by atoms with E-state index in [-0.39, 0.29) is 41.4 Å². The number of rotatable bonds is 7. The van der Waals surface area contributed by atoms with Crippen molar-refractivity contribution >= 4 is 44.7 Å². The molecule has 1 aliphatic carbocycles. The molecule has 5 heterocycles. The lowest BCUT2D eigenvalue weighted by Gasteiger charge is -2.15. The number of hydrogen-bond donors (Lipinski definition) is 3. The molecule has 2 atom stereocenters. The number of nitrogens with two attached hydrogens (primary N) is 1. The number of halogens is 1. The van der Waals surface area contributed by atoms with E-state index in [2.05, 4.69) is 25.7 Å². The first-order valence-corrected chi connectivity index (χ1v) is 14.8. The zero-order valence-corrected chi connectivity index (χ0v) is 23.9. The van der Waals surface area contributed by atoms with Gasteiger partial charge in [0.05, 0.1) is 24.5 Å². The molecule has 13 heteroatoms. The molecule has 2 aliphatic rings. The third kappa shape index (κ3) is 4.95. The Kier molecular flexibility index (Phi) is 6.53. The van der Waals surface area contributed by atoms with Crippen molar-refractivity contribution in [2.75, 3.05) is 11.1 Å². The Balaban J connectivity index is 1.13. The topological polar surface area (TPSA) is 150 Å². The molecule has 0 unspecified atom stereocenters. The van der Waals surface area contributed by atoms with Gasteiger partial charge in [0.15, 0.2) is 0 Å². The zero-order valence-electron chi connectivity index (χ0n) is 23.1. The van der Waals surface area contributed by atoms with Gasteiger partial charge >= 0.3 is 0 Å². The normalized spacial score (nSPS) is 17.6. The molecule has 7 rings (SSSR count). The number of nitrogens with zero attached hydrogens (tertiary/aromatic N) is 5. The predicted octanol–water partition coefficient (Wildman–Crippen LogP) is 4.39. The number of anilines is 2. The molecule has 0 bridgehead atoms. The summed E-state index contributed by atoms with van der Waals surface area (Å²) in [6.45, 7) is 2.19. The molecular formula is C30H27FN8O3S. The van der Waals surface area contributed by atoms with Gasteiger partial charge in [-0.3, -0.25) is 23.6 Å². The van der Waals surface area contributed by atoms with Crippen molar-refractivity contribution in [3.05, 3.63) is 87.4 Å². The Bertz CT molecular complexity index is 1980. The Labute approximate surface area is 248 Å². The molecule has 0 saturated heterocycles. The number of pyridine rings is 1. The lowest BCUT2D eigenvalue weighted by Crippen LogP contribution is -2.36. The lowest BCUT2D eigenvalue weighted by molar-refractivity contribution is -0.124. The Hall–Kier alpha value is -4.91. The van der Waals surface area contributed by atoms with E-state index in [0.29, 0.717) is 23.8 Å². The second-order valence-electron chi connectivity index (χ2n) is 11.0. The van der Waals surface area contributed by atoms with E-state index in [0.717, 1.165) is 27.8 Å². The molecule has 1 aromatic carbocycles. The fourth-order valence-electron chi connectivity index (χ4n) is 5.53. The molecule has 4 N–H and O–H groups in total. The summed E-state index contributed by atoms with van der Waals surface area (Å²) in [7, 11) is 0. The van der Waals surface area contributed by atoms with Gasteiger partial charge in [-0.15, -0.1) is 11.3 Å². The number of nitrogen functional groups attached to an aromatic ring is 1. The Morgan fingerprint density at radius 1 is 1.14 bits per heavy atom. The van der Waals surface area contributed by atoms with E-state index < -0.39 is 23.3 Å².